The van der Waals surface area contributed by atoms with E-state index in [1.165, 1.54) is 0 Å². The zero-order valence-electron chi connectivity index (χ0n) is 11.3. The molecule has 6 heteroatoms. The fourth-order valence-corrected chi connectivity index (χ4v) is 3.88. The van der Waals surface area contributed by atoms with Gasteiger partial charge in [0, 0.05) is 17.3 Å². The van der Waals surface area contributed by atoms with Crippen LogP contribution in [0.1, 0.15) is 38.5 Å². The zero-order valence-corrected chi connectivity index (χ0v) is 12.9. The average Bonchev–Trinajstić information content (AvgIpc) is 2.79. The maximum Gasteiger partial charge on any atom is 0.234 e. The molecule has 112 valence electrons. The average molecular weight is 358 g/mol. The molecular weight excluding hydrogens is 344 g/mol. The molecule has 0 bridgehead atoms. The van der Waals surface area contributed by atoms with Gasteiger partial charge in [0.25, 0.3) is 0 Å². The van der Waals surface area contributed by atoms with Crippen LogP contribution in [0.5, 0.6) is 0 Å². The minimum Gasteiger partial charge on any atom is -0.274 e. The second-order valence-electron chi connectivity index (χ2n) is 5.90. The molecule has 0 aromatic heterocycles. The van der Waals surface area contributed by atoms with Gasteiger partial charge in [-0.2, -0.15) is 0 Å². The minimum absolute atomic E-state index is 0.188. The van der Waals surface area contributed by atoms with E-state index in [0.717, 1.165) is 37.8 Å². The highest BCUT2D eigenvalue weighted by Crippen LogP contribution is 2.48. The van der Waals surface area contributed by atoms with Crippen molar-refractivity contribution in [2.75, 3.05) is 4.90 Å². The first-order valence-corrected chi connectivity index (χ1v) is 7.72. The number of anilines is 1. The van der Waals surface area contributed by atoms with E-state index in [-0.39, 0.29) is 22.7 Å². The Morgan fingerprint density at radius 1 is 1.00 bits per heavy atom. The predicted molar refractivity (Wildman–Crippen MR) is 76.7 cm³/mol. The number of nitrogens with zero attached hydrogens (tertiary/aromatic N) is 1. The minimum atomic E-state index is -0.911. The van der Waals surface area contributed by atoms with Crippen molar-refractivity contribution in [3.05, 3.63) is 28.2 Å². The van der Waals surface area contributed by atoms with Gasteiger partial charge >= 0.3 is 0 Å². The number of rotatable bonds is 1. The van der Waals surface area contributed by atoms with Crippen LogP contribution in [0.15, 0.2) is 16.6 Å². The van der Waals surface area contributed by atoms with E-state index in [1.807, 2.05) is 0 Å². The summed E-state index contributed by atoms with van der Waals surface area (Å²) in [6.07, 6.45) is 4.05. The standard InChI is InChI=1S/C15H14BrF2NO2/c16-9-5-10(17)14(11(18)6-9)19-12(20)7-15(8-13(19)21)3-1-2-4-15/h5-6H,1-4,7-8H2. The Kier molecular flexibility index (Phi) is 3.59. The van der Waals surface area contributed by atoms with Crippen molar-refractivity contribution < 1.29 is 18.4 Å². The molecule has 0 N–H and O–H groups in total. The molecule has 1 saturated carbocycles. The molecule has 1 aromatic rings. The normalized spacial score (nSPS) is 21.4. The Balaban J connectivity index is 1.97. The van der Waals surface area contributed by atoms with Crippen molar-refractivity contribution in [2.45, 2.75) is 38.5 Å². The summed E-state index contributed by atoms with van der Waals surface area (Å²) in [6.45, 7) is 0. The molecule has 0 atom stereocenters. The van der Waals surface area contributed by atoms with Crippen LogP contribution in [0.3, 0.4) is 0 Å². The largest absolute Gasteiger partial charge is 0.274 e. The van der Waals surface area contributed by atoms with Gasteiger partial charge in [0.15, 0.2) is 11.6 Å². The first kappa shape index (κ1) is 14.6. The Bertz CT molecular complexity index is 583. The Morgan fingerprint density at radius 2 is 1.48 bits per heavy atom. The summed E-state index contributed by atoms with van der Waals surface area (Å²) < 4.78 is 28.2. The summed E-state index contributed by atoms with van der Waals surface area (Å²) >= 11 is 2.98. The van der Waals surface area contributed by atoms with Crippen LogP contribution in [-0.4, -0.2) is 11.8 Å². The molecule has 0 radical (unpaired) electrons. The van der Waals surface area contributed by atoms with Gasteiger partial charge in [0.2, 0.25) is 11.8 Å². The second-order valence-corrected chi connectivity index (χ2v) is 6.82. The van der Waals surface area contributed by atoms with Crippen LogP contribution in [0.4, 0.5) is 14.5 Å². The number of amides is 2. The Morgan fingerprint density at radius 3 is 1.95 bits per heavy atom. The van der Waals surface area contributed by atoms with Gasteiger partial charge in [-0.05, 0) is 30.4 Å². The molecule has 2 aliphatic rings. The van der Waals surface area contributed by atoms with E-state index < -0.39 is 29.1 Å². The molecule has 3 nitrogen and oxygen atoms in total. The molecule has 0 unspecified atom stereocenters. The summed E-state index contributed by atoms with van der Waals surface area (Å²) in [7, 11) is 0. The monoisotopic (exact) mass is 357 g/mol. The van der Waals surface area contributed by atoms with Crippen LogP contribution in [0, 0.1) is 17.0 Å². The molecular formula is C15H14BrF2NO2. The Labute approximate surface area is 129 Å². The van der Waals surface area contributed by atoms with Crippen molar-refractivity contribution >= 4 is 33.4 Å². The van der Waals surface area contributed by atoms with E-state index >= 15 is 0 Å². The summed E-state index contributed by atoms with van der Waals surface area (Å²) in [5.74, 6) is -2.83. The van der Waals surface area contributed by atoms with Gasteiger partial charge in [-0.25, -0.2) is 13.7 Å². The summed E-state index contributed by atoms with van der Waals surface area (Å²) in [6, 6.07) is 2.11. The smallest absolute Gasteiger partial charge is 0.234 e. The summed E-state index contributed by atoms with van der Waals surface area (Å²) in [5.41, 5.74) is -0.839. The van der Waals surface area contributed by atoms with Crippen molar-refractivity contribution in [3.63, 3.8) is 0 Å². The third-order valence-corrected chi connectivity index (χ3v) is 4.88. The lowest BCUT2D eigenvalue weighted by atomic mass is 9.76. The van der Waals surface area contributed by atoms with Crippen LogP contribution in [-0.2, 0) is 9.59 Å². The topological polar surface area (TPSA) is 37.4 Å². The van der Waals surface area contributed by atoms with E-state index in [0.29, 0.717) is 4.90 Å². The summed E-state index contributed by atoms with van der Waals surface area (Å²) in [4.78, 5) is 25.3. The van der Waals surface area contributed by atoms with Crippen molar-refractivity contribution in [1.29, 1.82) is 0 Å². The van der Waals surface area contributed by atoms with Crippen molar-refractivity contribution in [1.82, 2.24) is 0 Å². The molecule has 21 heavy (non-hydrogen) atoms. The SMILES string of the molecule is O=C1CC2(CCCC2)CC(=O)N1c1c(F)cc(Br)cc1F. The van der Waals surface area contributed by atoms with E-state index in [4.69, 9.17) is 0 Å². The summed E-state index contributed by atoms with van der Waals surface area (Å²) in [5, 5.41) is 0. The number of carbonyl (C=O) groups is 2. The predicted octanol–water partition coefficient (Wildman–Crippen LogP) is 3.94. The highest BCUT2D eigenvalue weighted by molar-refractivity contribution is 9.10. The second kappa shape index (κ2) is 5.16. The number of imide groups is 1. The molecule has 2 amide bonds. The van der Waals surface area contributed by atoms with Gasteiger partial charge in [0.05, 0.1) is 0 Å². The number of benzene rings is 1. The quantitative estimate of drug-likeness (QED) is 0.713. The number of halogens is 3. The maximum absolute atomic E-state index is 14.0. The molecule has 1 saturated heterocycles. The van der Waals surface area contributed by atoms with Gasteiger partial charge in [0.1, 0.15) is 5.69 Å². The lowest BCUT2D eigenvalue weighted by Crippen LogP contribution is -2.48. The fraction of sp³-hybridized carbons (Fsp3) is 0.467. The highest BCUT2D eigenvalue weighted by Gasteiger charge is 2.46. The molecule has 1 heterocycles. The van der Waals surface area contributed by atoms with Crippen LogP contribution in [0.25, 0.3) is 0 Å². The molecule has 3 rings (SSSR count). The first-order chi connectivity index (χ1) is 9.92. The number of carbonyl (C=O) groups excluding carboxylic acids is 2. The van der Waals surface area contributed by atoms with Gasteiger partial charge in [-0.15, -0.1) is 0 Å². The van der Waals surface area contributed by atoms with Gasteiger partial charge in [-0.3, -0.25) is 9.59 Å². The molecule has 2 fully saturated rings. The third kappa shape index (κ3) is 2.50. The molecule has 1 spiro atoms. The van der Waals surface area contributed by atoms with Gasteiger partial charge < -0.3 is 0 Å². The Hall–Kier alpha value is -1.30. The van der Waals surface area contributed by atoms with Crippen LogP contribution in [0.2, 0.25) is 0 Å². The number of hydrogen-bond acceptors (Lipinski definition) is 2. The molecule has 1 aliphatic carbocycles. The number of piperidine rings is 1. The van der Waals surface area contributed by atoms with E-state index in [9.17, 15) is 18.4 Å². The fourth-order valence-electron chi connectivity index (χ4n) is 3.48. The molecule has 1 aliphatic heterocycles. The first-order valence-electron chi connectivity index (χ1n) is 6.92. The van der Waals surface area contributed by atoms with Crippen molar-refractivity contribution in [3.8, 4) is 0 Å². The highest BCUT2D eigenvalue weighted by atomic mass is 79.9. The molecule has 1 aromatic carbocycles. The lowest BCUT2D eigenvalue weighted by molar-refractivity contribution is -0.133. The zero-order chi connectivity index (χ0) is 15.2. The van der Waals surface area contributed by atoms with E-state index in [1.54, 1.807) is 0 Å². The van der Waals surface area contributed by atoms with Crippen LogP contribution < -0.4 is 4.90 Å². The van der Waals surface area contributed by atoms with E-state index in [2.05, 4.69) is 15.9 Å². The van der Waals surface area contributed by atoms with Crippen LogP contribution >= 0.6 is 15.9 Å². The van der Waals surface area contributed by atoms with Gasteiger partial charge in [-0.1, -0.05) is 28.8 Å². The number of hydrogen-bond donors (Lipinski definition) is 0. The van der Waals surface area contributed by atoms with Crippen molar-refractivity contribution in [2.24, 2.45) is 5.41 Å². The maximum atomic E-state index is 14.0. The lowest BCUT2D eigenvalue weighted by Gasteiger charge is -2.37. The third-order valence-electron chi connectivity index (χ3n) is 4.42.